The number of rotatable bonds is 2. The van der Waals surface area contributed by atoms with Crippen molar-refractivity contribution < 1.29 is 4.79 Å². The first-order valence-electron chi connectivity index (χ1n) is 6.01. The number of aromatic nitrogens is 3. The van der Waals surface area contributed by atoms with Crippen LogP contribution in [0.3, 0.4) is 0 Å². The van der Waals surface area contributed by atoms with E-state index in [1.165, 1.54) is 0 Å². The van der Waals surface area contributed by atoms with Crippen LogP contribution in [-0.4, -0.2) is 32.3 Å². The fourth-order valence-corrected chi connectivity index (χ4v) is 2.74. The van der Waals surface area contributed by atoms with Crippen LogP contribution in [0.2, 0.25) is 10.2 Å². The molecule has 5 nitrogen and oxygen atoms in total. The molecule has 1 aliphatic rings. The van der Waals surface area contributed by atoms with E-state index >= 15 is 0 Å². The molecule has 1 aliphatic heterocycles. The number of hydrogen-bond donors (Lipinski definition) is 2. The van der Waals surface area contributed by atoms with Crippen LogP contribution in [0, 0.1) is 0 Å². The lowest BCUT2D eigenvalue weighted by molar-refractivity contribution is 0.0725. The summed E-state index contributed by atoms with van der Waals surface area (Å²) in [5, 5.41) is 0.650. The van der Waals surface area contributed by atoms with Crippen LogP contribution in [0.25, 0.3) is 0 Å². The van der Waals surface area contributed by atoms with Gasteiger partial charge in [-0.3, -0.25) is 4.79 Å². The van der Waals surface area contributed by atoms with Gasteiger partial charge in [0.1, 0.15) is 16.7 Å². The number of nitrogens with zero attached hydrogens (tertiary/aromatic N) is 2. The number of aromatic amines is 2. The van der Waals surface area contributed by atoms with Gasteiger partial charge in [-0.25, -0.2) is 4.98 Å². The summed E-state index contributed by atoms with van der Waals surface area (Å²) in [6.07, 6.45) is 5.32. The van der Waals surface area contributed by atoms with Gasteiger partial charge < -0.3 is 14.9 Å². The molecule has 0 saturated carbocycles. The lowest BCUT2D eigenvalue weighted by Crippen LogP contribution is -2.31. The summed E-state index contributed by atoms with van der Waals surface area (Å²) in [6, 6.07) is 1.55. The molecule has 19 heavy (non-hydrogen) atoms. The molecule has 2 aromatic heterocycles. The first-order valence-corrected chi connectivity index (χ1v) is 6.76. The van der Waals surface area contributed by atoms with E-state index in [4.69, 9.17) is 23.2 Å². The molecule has 0 aromatic carbocycles. The zero-order chi connectivity index (χ0) is 13.4. The number of carbonyl (C=O) groups is 1. The predicted octanol–water partition coefficient (Wildman–Crippen LogP) is 3.02. The van der Waals surface area contributed by atoms with Gasteiger partial charge in [0.05, 0.1) is 11.1 Å². The van der Waals surface area contributed by atoms with E-state index in [9.17, 15) is 4.79 Å². The Bertz CT molecular complexity index is 573. The highest BCUT2D eigenvalue weighted by Crippen LogP contribution is 2.32. The smallest absolute Gasteiger partial charge is 0.270 e. The third kappa shape index (κ3) is 2.24. The minimum Gasteiger partial charge on any atom is -0.347 e. The van der Waals surface area contributed by atoms with Crippen LogP contribution < -0.4 is 0 Å². The van der Waals surface area contributed by atoms with Gasteiger partial charge in [0.2, 0.25) is 0 Å². The van der Waals surface area contributed by atoms with E-state index in [1.54, 1.807) is 23.4 Å². The molecule has 2 aromatic rings. The maximum Gasteiger partial charge on any atom is 0.270 e. The Hall–Kier alpha value is -1.46. The van der Waals surface area contributed by atoms with Crippen molar-refractivity contribution >= 4 is 29.1 Å². The minimum absolute atomic E-state index is 0.0108. The first-order chi connectivity index (χ1) is 9.16. The zero-order valence-corrected chi connectivity index (χ0v) is 11.5. The van der Waals surface area contributed by atoms with Crippen molar-refractivity contribution in [2.45, 2.75) is 18.9 Å². The number of halogens is 2. The average Bonchev–Trinajstić information content (AvgIpc) is 3.09. The molecule has 1 saturated heterocycles. The number of nitrogens with one attached hydrogen (secondary N) is 2. The Morgan fingerprint density at radius 1 is 1.47 bits per heavy atom. The molecule has 100 valence electrons. The normalized spacial score (nSPS) is 19.1. The maximum absolute atomic E-state index is 12.5. The van der Waals surface area contributed by atoms with Crippen molar-refractivity contribution in [1.82, 2.24) is 19.9 Å². The highest BCUT2D eigenvalue weighted by molar-refractivity contribution is 6.41. The summed E-state index contributed by atoms with van der Waals surface area (Å²) < 4.78 is 0. The van der Waals surface area contributed by atoms with E-state index in [0.717, 1.165) is 18.7 Å². The fourth-order valence-electron chi connectivity index (χ4n) is 2.43. The topological polar surface area (TPSA) is 64.8 Å². The largest absolute Gasteiger partial charge is 0.347 e. The lowest BCUT2D eigenvalue weighted by atomic mass is 10.2. The lowest BCUT2D eigenvalue weighted by Gasteiger charge is -2.22. The molecule has 2 N–H and O–H groups in total. The first kappa shape index (κ1) is 12.6. The molecule has 1 atom stereocenters. The Morgan fingerprint density at radius 2 is 2.32 bits per heavy atom. The minimum atomic E-state index is -0.104. The number of hydrogen-bond acceptors (Lipinski definition) is 2. The van der Waals surface area contributed by atoms with Crippen LogP contribution in [0.15, 0.2) is 18.5 Å². The quantitative estimate of drug-likeness (QED) is 0.895. The van der Waals surface area contributed by atoms with Gasteiger partial charge in [0, 0.05) is 18.9 Å². The van der Waals surface area contributed by atoms with Gasteiger partial charge in [-0.1, -0.05) is 23.2 Å². The Labute approximate surface area is 119 Å². The number of H-pyrrole nitrogens is 2. The summed E-state index contributed by atoms with van der Waals surface area (Å²) in [7, 11) is 0. The molecule has 0 aliphatic carbocycles. The molecule has 1 unspecified atom stereocenters. The van der Waals surface area contributed by atoms with Crippen molar-refractivity contribution in [1.29, 1.82) is 0 Å². The van der Waals surface area contributed by atoms with E-state index in [1.807, 2.05) is 0 Å². The van der Waals surface area contributed by atoms with Crippen LogP contribution in [0.5, 0.6) is 0 Å². The standard InChI is InChI=1S/C12H12Cl2N4O/c13-7-6-8(17-10(7)14)12(19)18-5-1-2-9(18)11-15-3-4-16-11/h3-4,6,9,17H,1-2,5H2,(H,15,16). The molecular weight excluding hydrogens is 287 g/mol. The summed E-state index contributed by atoms with van der Waals surface area (Å²) in [6.45, 7) is 0.707. The van der Waals surface area contributed by atoms with Crippen molar-refractivity contribution in [2.24, 2.45) is 0 Å². The molecule has 1 fully saturated rings. The van der Waals surface area contributed by atoms with Crippen molar-refractivity contribution in [2.75, 3.05) is 6.54 Å². The Morgan fingerprint density at radius 3 is 2.95 bits per heavy atom. The number of likely N-dealkylation sites (tertiary alicyclic amines) is 1. The van der Waals surface area contributed by atoms with Gasteiger partial charge in [-0.15, -0.1) is 0 Å². The van der Waals surface area contributed by atoms with Crippen LogP contribution in [-0.2, 0) is 0 Å². The van der Waals surface area contributed by atoms with E-state index in [2.05, 4.69) is 15.0 Å². The maximum atomic E-state index is 12.5. The third-order valence-electron chi connectivity index (χ3n) is 3.30. The van der Waals surface area contributed by atoms with Gasteiger partial charge in [0.15, 0.2) is 0 Å². The van der Waals surface area contributed by atoms with Crippen molar-refractivity contribution in [3.63, 3.8) is 0 Å². The van der Waals surface area contributed by atoms with Crippen LogP contribution >= 0.6 is 23.2 Å². The van der Waals surface area contributed by atoms with E-state index in [-0.39, 0.29) is 11.9 Å². The fraction of sp³-hybridized carbons (Fsp3) is 0.333. The molecule has 0 bridgehead atoms. The molecule has 0 spiro atoms. The number of carbonyl (C=O) groups excluding carboxylic acids is 1. The van der Waals surface area contributed by atoms with Crippen molar-refractivity contribution in [3.8, 4) is 0 Å². The molecule has 0 radical (unpaired) electrons. The van der Waals surface area contributed by atoms with Gasteiger partial charge >= 0.3 is 0 Å². The van der Waals surface area contributed by atoms with Gasteiger partial charge in [-0.05, 0) is 18.9 Å². The molecule has 3 rings (SSSR count). The predicted molar refractivity (Wildman–Crippen MR) is 72.4 cm³/mol. The highest BCUT2D eigenvalue weighted by atomic mass is 35.5. The second kappa shape index (κ2) is 4.90. The average molecular weight is 299 g/mol. The molecule has 1 amide bonds. The second-order valence-corrected chi connectivity index (χ2v) is 5.26. The molecular formula is C12H12Cl2N4O. The van der Waals surface area contributed by atoms with Crippen LogP contribution in [0.1, 0.15) is 35.2 Å². The SMILES string of the molecule is O=C(c1cc(Cl)c(Cl)[nH]1)N1CCCC1c1ncc[nH]1. The van der Waals surface area contributed by atoms with Crippen LogP contribution in [0.4, 0.5) is 0 Å². The third-order valence-corrected chi connectivity index (χ3v) is 4.00. The highest BCUT2D eigenvalue weighted by Gasteiger charge is 2.32. The summed E-state index contributed by atoms with van der Waals surface area (Å²) in [5.41, 5.74) is 0.411. The molecule has 3 heterocycles. The Kier molecular flexibility index (Phi) is 3.24. The summed E-state index contributed by atoms with van der Waals surface area (Å²) in [5.74, 6) is 0.710. The van der Waals surface area contributed by atoms with Crippen molar-refractivity contribution in [3.05, 3.63) is 40.2 Å². The molecule has 7 heteroatoms. The van der Waals surface area contributed by atoms with Gasteiger partial charge in [0.25, 0.3) is 5.91 Å². The second-order valence-electron chi connectivity index (χ2n) is 4.48. The zero-order valence-electron chi connectivity index (χ0n) is 9.99. The summed E-state index contributed by atoms with van der Waals surface area (Å²) in [4.78, 5) is 24.3. The Balaban J connectivity index is 1.86. The summed E-state index contributed by atoms with van der Waals surface area (Å²) >= 11 is 11.7. The van der Waals surface area contributed by atoms with E-state index < -0.39 is 0 Å². The monoisotopic (exact) mass is 298 g/mol. The van der Waals surface area contributed by atoms with E-state index in [0.29, 0.717) is 22.4 Å². The number of amides is 1. The number of imidazole rings is 1. The van der Waals surface area contributed by atoms with Gasteiger partial charge in [-0.2, -0.15) is 0 Å².